The summed E-state index contributed by atoms with van der Waals surface area (Å²) in [5, 5.41) is 5.29. The van der Waals surface area contributed by atoms with Crippen molar-refractivity contribution in [2.45, 2.75) is 114 Å². The minimum atomic E-state index is 0.628. The van der Waals surface area contributed by atoms with Crippen LogP contribution in [-0.2, 0) is 0 Å². The molecule has 124 valence electrons. The zero-order valence-corrected chi connectivity index (χ0v) is 14.2. The summed E-state index contributed by atoms with van der Waals surface area (Å²) in [6, 6.07) is 2.18. The topological polar surface area (TPSA) is 18.4 Å². The van der Waals surface area contributed by atoms with Gasteiger partial charge in [0.2, 0.25) is 5.96 Å². The van der Waals surface area contributed by atoms with Crippen molar-refractivity contribution in [1.29, 1.82) is 0 Å². The molecule has 0 aromatic carbocycles. The SMILES string of the molecule is C1CCC(N=C2N(C3CCCCC3)N2C2CCCCC2)CC1. The number of aliphatic imine (C=N–C) groups is 1. The predicted molar refractivity (Wildman–Crippen MR) is 91.7 cm³/mol. The lowest BCUT2D eigenvalue weighted by atomic mass is 9.95. The second kappa shape index (κ2) is 6.80. The van der Waals surface area contributed by atoms with E-state index >= 15 is 0 Å². The molecule has 0 aromatic heterocycles. The second-order valence-electron chi connectivity index (χ2n) is 7.99. The fraction of sp³-hybridized carbons (Fsp3) is 0.947. The molecule has 4 rings (SSSR count). The normalized spacial score (nSPS) is 29.0. The van der Waals surface area contributed by atoms with Gasteiger partial charge in [-0.1, -0.05) is 57.8 Å². The Morgan fingerprint density at radius 1 is 0.545 bits per heavy atom. The first kappa shape index (κ1) is 14.8. The van der Waals surface area contributed by atoms with Crippen LogP contribution in [0.25, 0.3) is 0 Å². The van der Waals surface area contributed by atoms with Gasteiger partial charge in [0.05, 0.1) is 18.1 Å². The first-order valence-corrected chi connectivity index (χ1v) is 10.1. The summed E-state index contributed by atoms with van der Waals surface area (Å²) in [6.07, 6.45) is 21.1. The van der Waals surface area contributed by atoms with E-state index in [-0.39, 0.29) is 0 Å². The molecule has 0 unspecified atom stereocenters. The molecule has 3 saturated carbocycles. The fourth-order valence-electron chi connectivity index (χ4n) is 4.98. The highest BCUT2D eigenvalue weighted by Gasteiger charge is 2.49. The average Bonchev–Trinajstić information content (AvgIpc) is 3.31. The van der Waals surface area contributed by atoms with Crippen molar-refractivity contribution < 1.29 is 0 Å². The smallest absolute Gasteiger partial charge is 0.236 e. The maximum atomic E-state index is 5.23. The lowest BCUT2D eigenvalue weighted by Gasteiger charge is -2.27. The molecule has 1 saturated heterocycles. The Balaban J connectivity index is 1.47. The van der Waals surface area contributed by atoms with Gasteiger partial charge in [-0.25, -0.2) is 15.0 Å². The summed E-state index contributed by atoms with van der Waals surface area (Å²) in [7, 11) is 0. The Morgan fingerprint density at radius 2 is 0.955 bits per heavy atom. The first-order chi connectivity index (χ1) is 10.9. The van der Waals surface area contributed by atoms with Gasteiger partial charge in [0, 0.05) is 0 Å². The van der Waals surface area contributed by atoms with Crippen LogP contribution in [0.1, 0.15) is 96.3 Å². The molecule has 0 atom stereocenters. The van der Waals surface area contributed by atoms with Gasteiger partial charge in [0.25, 0.3) is 0 Å². The Hall–Kier alpha value is -0.730. The van der Waals surface area contributed by atoms with Gasteiger partial charge in [-0.3, -0.25) is 0 Å². The van der Waals surface area contributed by atoms with Crippen molar-refractivity contribution >= 4 is 5.96 Å². The van der Waals surface area contributed by atoms with Gasteiger partial charge in [-0.05, 0) is 38.5 Å². The minimum Gasteiger partial charge on any atom is -0.247 e. The second-order valence-corrected chi connectivity index (χ2v) is 7.99. The van der Waals surface area contributed by atoms with Crippen LogP contribution in [-0.4, -0.2) is 34.1 Å². The van der Waals surface area contributed by atoms with E-state index < -0.39 is 0 Å². The minimum absolute atomic E-state index is 0.628. The highest BCUT2D eigenvalue weighted by Crippen LogP contribution is 2.39. The molecule has 4 aliphatic rings. The van der Waals surface area contributed by atoms with Crippen molar-refractivity contribution in [3.8, 4) is 0 Å². The highest BCUT2D eigenvalue weighted by atomic mass is 15.9. The van der Waals surface area contributed by atoms with Crippen molar-refractivity contribution in [2.24, 2.45) is 4.99 Å². The molecule has 1 aliphatic heterocycles. The molecule has 0 aromatic rings. The Morgan fingerprint density at radius 3 is 1.41 bits per heavy atom. The highest BCUT2D eigenvalue weighted by molar-refractivity contribution is 5.92. The van der Waals surface area contributed by atoms with E-state index in [1.54, 1.807) is 0 Å². The first-order valence-electron chi connectivity index (χ1n) is 10.1. The van der Waals surface area contributed by atoms with E-state index in [1.807, 2.05) is 0 Å². The van der Waals surface area contributed by atoms with Gasteiger partial charge in [0.1, 0.15) is 0 Å². The van der Waals surface area contributed by atoms with Crippen molar-refractivity contribution in [3.05, 3.63) is 0 Å². The van der Waals surface area contributed by atoms with E-state index in [9.17, 15) is 0 Å². The van der Waals surface area contributed by atoms with Crippen molar-refractivity contribution in [2.75, 3.05) is 0 Å². The Labute approximate surface area is 136 Å². The largest absolute Gasteiger partial charge is 0.247 e. The molecule has 22 heavy (non-hydrogen) atoms. The number of hydrazine groups is 1. The summed E-state index contributed by atoms with van der Waals surface area (Å²) in [4.78, 5) is 5.23. The van der Waals surface area contributed by atoms with Gasteiger partial charge >= 0.3 is 0 Å². The molecule has 1 heterocycles. The van der Waals surface area contributed by atoms with Crippen LogP contribution in [0.3, 0.4) is 0 Å². The zero-order chi connectivity index (χ0) is 14.8. The zero-order valence-electron chi connectivity index (χ0n) is 14.2. The van der Waals surface area contributed by atoms with Gasteiger partial charge < -0.3 is 0 Å². The van der Waals surface area contributed by atoms with Gasteiger partial charge in [0.15, 0.2) is 0 Å². The van der Waals surface area contributed by atoms with E-state index in [2.05, 4.69) is 10.0 Å². The summed E-state index contributed by atoms with van der Waals surface area (Å²) >= 11 is 0. The number of nitrogens with zero attached hydrogens (tertiary/aromatic N) is 3. The lowest BCUT2D eigenvalue weighted by molar-refractivity contribution is 0.138. The van der Waals surface area contributed by atoms with Gasteiger partial charge in [-0.2, -0.15) is 0 Å². The summed E-state index contributed by atoms with van der Waals surface area (Å²) in [6.45, 7) is 0. The molecule has 0 spiro atoms. The van der Waals surface area contributed by atoms with E-state index in [4.69, 9.17) is 4.99 Å². The molecule has 4 fully saturated rings. The molecule has 0 amide bonds. The molecule has 3 nitrogen and oxygen atoms in total. The van der Waals surface area contributed by atoms with Crippen LogP contribution in [0.4, 0.5) is 0 Å². The van der Waals surface area contributed by atoms with Crippen LogP contribution in [0.15, 0.2) is 4.99 Å². The average molecular weight is 303 g/mol. The maximum Gasteiger partial charge on any atom is 0.236 e. The Bertz CT molecular complexity index is 361. The summed E-state index contributed by atoms with van der Waals surface area (Å²) in [5.41, 5.74) is 0. The van der Waals surface area contributed by atoms with E-state index in [1.165, 1.54) is 102 Å². The molecule has 0 N–H and O–H groups in total. The molecule has 3 aliphatic carbocycles. The molecule has 3 heteroatoms. The molecule has 0 bridgehead atoms. The summed E-state index contributed by atoms with van der Waals surface area (Å²) < 4.78 is 0. The maximum absolute atomic E-state index is 5.23. The number of guanidine groups is 1. The van der Waals surface area contributed by atoms with E-state index in [0.29, 0.717) is 6.04 Å². The van der Waals surface area contributed by atoms with Crippen LogP contribution < -0.4 is 0 Å². The quantitative estimate of drug-likeness (QED) is 0.692. The standard InChI is InChI=1S/C19H33N3/c1-4-10-16(11-5-1)20-19-21(17-12-6-2-7-13-17)22(19)18-14-8-3-9-15-18/h16-18H,1-15H2. The van der Waals surface area contributed by atoms with Gasteiger partial charge in [-0.15, -0.1) is 0 Å². The third-order valence-corrected chi connectivity index (χ3v) is 6.32. The third kappa shape index (κ3) is 3.14. The van der Waals surface area contributed by atoms with Crippen LogP contribution in [0.5, 0.6) is 0 Å². The number of hydrogen-bond acceptors (Lipinski definition) is 1. The fourth-order valence-corrected chi connectivity index (χ4v) is 4.98. The Kier molecular flexibility index (Phi) is 4.59. The predicted octanol–water partition coefficient (Wildman–Crippen LogP) is 4.87. The van der Waals surface area contributed by atoms with Crippen molar-refractivity contribution in [1.82, 2.24) is 10.0 Å². The lowest BCUT2D eigenvalue weighted by Crippen LogP contribution is -2.30. The van der Waals surface area contributed by atoms with Crippen LogP contribution >= 0.6 is 0 Å². The molecular weight excluding hydrogens is 270 g/mol. The third-order valence-electron chi connectivity index (χ3n) is 6.32. The van der Waals surface area contributed by atoms with E-state index in [0.717, 1.165) is 12.1 Å². The van der Waals surface area contributed by atoms with Crippen LogP contribution in [0.2, 0.25) is 0 Å². The number of rotatable bonds is 3. The molecule has 0 radical (unpaired) electrons. The molecular formula is C19H33N3. The van der Waals surface area contributed by atoms with Crippen LogP contribution in [0, 0.1) is 0 Å². The van der Waals surface area contributed by atoms with Crippen molar-refractivity contribution in [3.63, 3.8) is 0 Å². The number of hydrogen-bond donors (Lipinski definition) is 0. The monoisotopic (exact) mass is 303 g/mol. The summed E-state index contributed by atoms with van der Waals surface area (Å²) in [5.74, 6) is 1.39.